The van der Waals surface area contributed by atoms with E-state index in [9.17, 15) is 4.79 Å². The number of carbonyl (C=O) groups is 1. The minimum atomic E-state index is -0.312. The number of rotatable bonds is 5. The van der Waals surface area contributed by atoms with Gasteiger partial charge in [-0.1, -0.05) is 49.7 Å². The van der Waals surface area contributed by atoms with Crippen LogP contribution in [-0.4, -0.2) is 25.7 Å². The lowest BCUT2D eigenvalue weighted by Crippen LogP contribution is -2.18. The lowest BCUT2D eigenvalue weighted by atomic mass is 10.0. The van der Waals surface area contributed by atoms with Crippen molar-refractivity contribution in [3.05, 3.63) is 76.2 Å². The van der Waals surface area contributed by atoms with E-state index in [4.69, 9.17) is 16.7 Å². The number of halogens is 1. The molecule has 2 aromatic carbocycles. The number of benzene rings is 2. The van der Waals surface area contributed by atoms with Crippen molar-refractivity contribution in [3.8, 4) is 11.1 Å². The Hall–Kier alpha value is -3.25. The van der Waals surface area contributed by atoms with Crippen molar-refractivity contribution >= 4 is 28.8 Å². The van der Waals surface area contributed by atoms with Crippen molar-refractivity contribution in [3.63, 3.8) is 0 Å². The maximum absolute atomic E-state index is 12.8. The minimum absolute atomic E-state index is 0.245. The zero-order valence-electron chi connectivity index (χ0n) is 17.1. The summed E-state index contributed by atoms with van der Waals surface area (Å²) in [5, 5.41) is 16.9. The van der Waals surface area contributed by atoms with Crippen molar-refractivity contribution in [1.29, 1.82) is 0 Å². The standard InChI is InChI=1S/C23H22ClN5O/c1-4-15-6-12-18(13-7-15)25-23(30)21-14(3)29-22(27-26-21)20(19(5-2)28-29)16-8-10-17(24)11-9-16/h6-13H,4-5H2,1-3H3,(H,25,30). The van der Waals surface area contributed by atoms with Crippen LogP contribution >= 0.6 is 11.6 Å². The van der Waals surface area contributed by atoms with Gasteiger partial charge in [0.1, 0.15) is 0 Å². The maximum Gasteiger partial charge on any atom is 0.278 e. The summed E-state index contributed by atoms with van der Waals surface area (Å²) in [5.74, 6) is -0.312. The SMILES string of the molecule is CCc1ccc(NC(=O)c2nnc3c(-c4ccc(Cl)cc4)c(CC)nn3c2C)cc1. The molecule has 4 aromatic rings. The van der Waals surface area contributed by atoms with Crippen molar-refractivity contribution in [1.82, 2.24) is 19.8 Å². The van der Waals surface area contributed by atoms with Crippen LogP contribution < -0.4 is 5.32 Å². The largest absolute Gasteiger partial charge is 0.321 e. The highest BCUT2D eigenvalue weighted by Gasteiger charge is 2.21. The third-order valence-corrected chi connectivity index (χ3v) is 5.39. The lowest BCUT2D eigenvalue weighted by molar-refractivity contribution is 0.102. The molecule has 1 amide bonds. The van der Waals surface area contributed by atoms with E-state index in [1.54, 1.807) is 4.52 Å². The summed E-state index contributed by atoms with van der Waals surface area (Å²) >= 11 is 6.04. The van der Waals surface area contributed by atoms with Gasteiger partial charge in [-0.15, -0.1) is 10.2 Å². The van der Waals surface area contributed by atoms with Gasteiger partial charge in [0.2, 0.25) is 0 Å². The molecule has 30 heavy (non-hydrogen) atoms. The van der Waals surface area contributed by atoms with Crippen molar-refractivity contribution in [2.45, 2.75) is 33.6 Å². The van der Waals surface area contributed by atoms with Gasteiger partial charge in [0.15, 0.2) is 11.3 Å². The Kier molecular flexibility index (Phi) is 5.50. The van der Waals surface area contributed by atoms with Crippen LogP contribution in [0.25, 0.3) is 16.8 Å². The first-order valence-corrected chi connectivity index (χ1v) is 10.3. The molecule has 0 spiro atoms. The number of amides is 1. The number of carbonyl (C=O) groups excluding carboxylic acids is 1. The molecule has 0 fully saturated rings. The molecule has 4 rings (SSSR count). The average molecular weight is 420 g/mol. The van der Waals surface area contributed by atoms with E-state index in [0.717, 1.165) is 35.3 Å². The Morgan fingerprint density at radius 2 is 1.70 bits per heavy atom. The number of hydrogen-bond acceptors (Lipinski definition) is 4. The molecule has 0 atom stereocenters. The van der Waals surface area contributed by atoms with Crippen LogP contribution in [0.3, 0.4) is 0 Å². The molecule has 152 valence electrons. The van der Waals surface area contributed by atoms with Crippen LogP contribution in [-0.2, 0) is 12.8 Å². The molecular weight excluding hydrogens is 398 g/mol. The predicted molar refractivity (Wildman–Crippen MR) is 119 cm³/mol. The van der Waals surface area contributed by atoms with Gasteiger partial charge in [-0.2, -0.15) is 5.10 Å². The van der Waals surface area contributed by atoms with Crippen molar-refractivity contribution in [2.75, 3.05) is 5.32 Å². The number of hydrogen-bond donors (Lipinski definition) is 1. The first-order valence-electron chi connectivity index (χ1n) is 9.93. The fourth-order valence-electron chi connectivity index (χ4n) is 3.43. The summed E-state index contributed by atoms with van der Waals surface area (Å²) in [6, 6.07) is 15.3. The van der Waals surface area contributed by atoms with Gasteiger partial charge in [0.25, 0.3) is 5.91 Å². The molecule has 7 heteroatoms. The topological polar surface area (TPSA) is 72.2 Å². The van der Waals surface area contributed by atoms with E-state index in [0.29, 0.717) is 16.4 Å². The summed E-state index contributed by atoms with van der Waals surface area (Å²) < 4.78 is 1.70. The van der Waals surface area contributed by atoms with Gasteiger partial charge < -0.3 is 5.32 Å². The summed E-state index contributed by atoms with van der Waals surface area (Å²) in [7, 11) is 0. The first kappa shape index (κ1) is 20.0. The van der Waals surface area contributed by atoms with Crippen LogP contribution in [0.15, 0.2) is 48.5 Å². The third-order valence-electron chi connectivity index (χ3n) is 5.14. The third kappa shape index (κ3) is 3.66. The monoisotopic (exact) mass is 419 g/mol. The molecule has 0 saturated carbocycles. The highest BCUT2D eigenvalue weighted by atomic mass is 35.5. The zero-order chi connectivity index (χ0) is 21.3. The molecule has 1 N–H and O–H groups in total. The number of anilines is 1. The quantitative estimate of drug-likeness (QED) is 0.486. The molecule has 2 aromatic heterocycles. The fourth-order valence-corrected chi connectivity index (χ4v) is 3.56. The van der Waals surface area contributed by atoms with Gasteiger partial charge in [-0.05, 0) is 55.2 Å². The smallest absolute Gasteiger partial charge is 0.278 e. The van der Waals surface area contributed by atoms with E-state index in [1.807, 2.05) is 62.4 Å². The average Bonchev–Trinajstić information content (AvgIpc) is 3.14. The van der Waals surface area contributed by atoms with Crippen LogP contribution in [0, 0.1) is 6.92 Å². The van der Waals surface area contributed by atoms with Gasteiger partial charge in [0, 0.05) is 10.7 Å². The Morgan fingerprint density at radius 3 is 2.33 bits per heavy atom. The number of nitrogens with zero attached hydrogens (tertiary/aromatic N) is 4. The van der Waals surface area contributed by atoms with Crippen molar-refractivity contribution in [2.24, 2.45) is 0 Å². The number of aromatic nitrogens is 4. The Bertz CT molecular complexity index is 1210. The van der Waals surface area contributed by atoms with Gasteiger partial charge in [-0.25, -0.2) is 4.52 Å². The van der Waals surface area contributed by atoms with E-state index in [-0.39, 0.29) is 11.6 Å². The summed E-state index contributed by atoms with van der Waals surface area (Å²) in [5.41, 5.74) is 6.20. The first-order chi connectivity index (χ1) is 14.5. The molecule has 0 saturated heterocycles. The molecular formula is C23H22ClN5O. The van der Waals surface area contributed by atoms with Crippen molar-refractivity contribution < 1.29 is 4.79 Å². The number of aryl methyl sites for hydroxylation is 3. The minimum Gasteiger partial charge on any atom is -0.321 e. The predicted octanol–water partition coefficient (Wildman–Crippen LogP) is 5.13. The Balaban J connectivity index is 1.73. The molecule has 0 aliphatic carbocycles. The molecule has 0 radical (unpaired) electrons. The van der Waals surface area contributed by atoms with E-state index in [2.05, 4.69) is 22.4 Å². The summed E-state index contributed by atoms with van der Waals surface area (Å²) in [4.78, 5) is 12.8. The highest BCUT2D eigenvalue weighted by Crippen LogP contribution is 2.29. The Labute approximate surface area is 179 Å². The fraction of sp³-hybridized carbons (Fsp3) is 0.217. The van der Waals surface area contributed by atoms with Gasteiger partial charge in [-0.3, -0.25) is 4.79 Å². The van der Waals surface area contributed by atoms with E-state index >= 15 is 0 Å². The van der Waals surface area contributed by atoms with E-state index < -0.39 is 0 Å². The van der Waals surface area contributed by atoms with Crippen LogP contribution in [0.4, 0.5) is 5.69 Å². The second-order valence-corrected chi connectivity index (χ2v) is 7.49. The van der Waals surface area contributed by atoms with Crippen LogP contribution in [0.1, 0.15) is 41.3 Å². The van der Waals surface area contributed by atoms with Crippen LogP contribution in [0.2, 0.25) is 5.02 Å². The molecule has 0 bridgehead atoms. The second-order valence-electron chi connectivity index (χ2n) is 7.06. The summed E-state index contributed by atoms with van der Waals surface area (Å²) in [6.07, 6.45) is 1.68. The highest BCUT2D eigenvalue weighted by molar-refractivity contribution is 6.30. The maximum atomic E-state index is 12.8. The molecule has 2 heterocycles. The number of nitrogens with one attached hydrogen (secondary N) is 1. The second kappa shape index (κ2) is 8.24. The molecule has 0 aliphatic heterocycles. The van der Waals surface area contributed by atoms with Crippen LogP contribution in [0.5, 0.6) is 0 Å². The van der Waals surface area contributed by atoms with Gasteiger partial charge >= 0.3 is 0 Å². The van der Waals surface area contributed by atoms with Gasteiger partial charge in [0.05, 0.1) is 17.0 Å². The molecule has 6 nitrogen and oxygen atoms in total. The molecule has 0 aliphatic rings. The Morgan fingerprint density at radius 1 is 1.00 bits per heavy atom. The van der Waals surface area contributed by atoms with E-state index in [1.165, 1.54) is 5.56 Å². The lowest BCUT2D eigenvalue weighted by Gasteiger charge is -2.08. The normalized spacial score (nSPS) is 11.1. The summed E-state index contributed by atoms with van der Waals surface area (Å²) in [6.45, 7) is 5.96. The zero-order valence-corrected chi connectivity index (χ0v) is 17.9. The molecule has 0 unspecified atom stereocenters. The number of fused-ring (bicyclic) bond motifs is 1.